The molecule has 8 heteroatoms. The number of hydrogen-bond acceptors (Lipinski definition) is 5. The Bertz CT molecular complexity index is 909. The zero-order valence-corrected chi connectivity index (χ0v) is 13.7. The molecule has 1 N–H and O–H groups in total. The van der Waals surface area contributed by atoms with E-state index in [1.807, 2.05) is 0 Å². The van der Waals surface area contributed by atoms with E-state index < -0.39 is 17.3 Å². The van der Waals surface area contributed by atoms with Gasteiger partial charge >= 0.3 is 0 Å². The Balaban J connectivity index is 2.10. The van der Waals surface area contributed by atoms with Crippen molar-refractivity contribution in [2.45, 2.75) is 6.61 Å². The van der Waals surface area contributed by atoms with Gasteiger partial charge in [-0.25, -0.2) is 4.39 Å². The van der Waals surface area contributed by atoms with Gasteiger partial charge in [0.25, 0.3) is 5.69 Å². The van der Waals surface area contributed by atoms with E-state index in [9.17, 15) is 19.6 Å². The van der Waals surface area contributed by atoms with Crippen molar-refractivity contribution in [2.75, 3.05) is 0 Å². The smallest absolute Gasteiger partial charge is 0.269 e. The monoisotopic (exact) mass is 392 g/mol. The average molecular weight is 393 g/mol. The van der Waals surface area contributed by atoms with Gasteiger partial charge in [-0.05, 0) is 30.3 Å². The molecule has 122 valence electrons. The lowest BCUT2D eigenvalue weighted by atomic mass is 10.0. The summed E-state index contributed by atoms with van der Waals surface area (Å²) >= 11 is 3.26. The van der Waals surface area contributed by atoms with Gasteiger partial charge in [0, 0.05) is 22.2 Å². The van der Waals surface area contributed by atoms with E-state index in [1.54, 1.807) is 6.07 Å². The van der Waals surface area contributed by atoms with Crippen molar-refractivity contribution in [3.63, 3.8) is 0 Å². The average Bonchev–Trinajstić information content (AvgIpc) is 3.00. The Labute approximate surface area is 143 Å². The van der Waals surface area contributed by atoms with Crippen molar-refractivity contribution in [1.82, 2.24) is 5.16 Å². The molecule has 0 radical (unpaired) electrons. The fraction of sp³-hybridized carbons (Fsp3) is 0.0625. The van der Waals surface area contributed by atoms with Crippen LogP contribution in [0.15, 0.2) is 51.5 Å². The van der Waals surface area contributed by atoms with E-state index in [4.69, 9.17) is 4.52 Å². The summed E-state index contributed by atoms with van der Waals surface area (Å²) in [5.74, 6) is -0.399. The lowest BCUT2D eigenvalue weighted by Crippen LogP contribution is -1.92. The van der Waals surface area contributed by atoms with E-state index in [-0.39, 0.29) is 17.0 Å². The van der Waals surface area contributed by atoms with E-state index in [2.05, 4.69) is 21.1 Å². The summed E-state index contributed by atoms with van der Waals surface area (Å²) < 4.78 is 19.9. The Hall–Kier alpha value is -2.58. The van der Waals surface area contributed by atoms with Gasteiger partial charge in [0.1, 0.15) is 11.5 Å². The number of aromatic nitrogens is 1. The zero-order valence-electron chi connectivity index (χ0n) is 12.1. The second-order valence-corrected chi connectivity index (χ2v) is 5.84. The Morgan fingerprint density at radius 1 is 1.25 bits per heavy atom. The molecule has 0 amide bonds. The number of halogens is 2. The highest BCUT2D eigenvalue weighted by atomic mass is 79.9. The Morgan fingerprint density at radius 2 is 1.96 bits per heavy atom. The fourth-order valence-corrected chi connectivity index (χ4v) is 2.67. The largest absolute Gasteiger partial charge is 0.391 e. The van der Waals surface area contributed by atoms with Crippen LogP contribution in [-0.2, 0) is 6.61 Å². The molecule has 0 saturated heterocycles. The van der Waals surface area contributed by atoms with E-state index in [1.165, 1.54) is 36.4 Å². The highest BCUT2D eigenvalue weighted by Crippen LogP contribution is 2.35. The highest BCUT2D eigenvalue weighted by Gasteiger charge is 2.21. The molecule has 3 rings (SSSR count). The molecule has 0 fully saturated rings. The van der Waals surface area contributed by atoms with Gasteiger partial charge in [0.05, 0.1) is 22.7 Å². The van der Waals surface area contributed by atoms with Gasteiger partial charge in [-0.2, -0.15) is 0 Å². The Morgan fingerprint density at radius 3 is 2.58 bits per heavy atom. The van der Waals surface area contributed by atoms with Crippen molar-refractivity contribution in [3.8, 4) is 22.6 Å². The summed E-state index contributed by atoms with van der Waals surface area (Å²) in [6.45, 7) is -0.420. The number of aliphatic hydroxyl groups excluding tert-OH is 1. The summed E-state index contributed by atoms with van der Waals surface area (Å²) in [6.07, 6.45) is 0. The minimum atomic E-state index is -0.515. The van der Waals surface area contributed by atoms with Gasteiger partial charge < -0.3 is 9.63 Å². The van der Waals surface area contributed by atoms with Crippen LogP contribution in [0.4, 0.5) is 10.1 Å². The van der Waals surface area contributed by atoms with Crippen LogP contribution in [0.5, 0.6) is 0 Å². The van der Waals surface area contributed by atoms with Gasteiger partial charge in [-0.15, -0.1) is 0 Å². The van der Waals surface area contributed by atoms with Gasteiger partial charge in [-0.3, -0.25) is 10.1 Å². The first-order valence-corrected chi connectivity index (χ1v) is 7.60. The molecular weight excluding hydrogens is 383 g/mol. The van der Waals surface area contributed by atoms with Crippen LogP contribution in [0.2, 0.25) is 0 Å². The maximum atomic E-state index is 14.1. The third kappa shape index (κ3) is 2.93. The summed E-state index contributed by atoms with van der Waals surface area (Å²) in [5.41, 5.74) is 1.23. The number of non-ortho nitro benzene ring substituents is 1. The van der Waals surface area contributed by atoms with Crippen LogP contribution < -0.4 is 0 Å². The van der Waals surface area contributed by atoms with Crippen LogP contribution in [0.1, 0.15) is 5.56 Å². The van der Waals surface area contributed by atoms with Crippen molar-refractivity contribution >= 4 is 21.6 Å². The van der Waals surface area contributed by atoms with Crippen LogP contribution in [-0.4, -0.2) is 15.2 Å². The molecule has 0 atom stereocenters. The molecular formula is C16H10BrFN2O4. The molecule has 2 aromatic carbocycles. The van der Waals surface area contributed by atoms with E-state index >= 15 is 0 Å². The van der Waals surface area contributed by atoms with E-state index in [0.717, 1.165) is 0 Å². The van der Waals surface area contributed by atoms with Crippen molar-refractivity contribution in [3.05, 3.63) is 68.4 Å². The summed E-state index contributed by atoms with van der Waals surface area (Å²) in [7, 11) is 0. The third-order valence-electron chi connectivity index (χ3n) is 3.47. The molecule has 1 heterocycles. The molecule has 3 aromatic rings. The number of benzene rings is 2. The highest BCUT2D eigenvalue weighted by molar-refractivity contribution is 9.10. The van der Waals surface area contributed by atoms with Crippen LogP contribution in [0, 0.1) is 15.9 Å². The molecule has 0 spiro atoms. The lowest BCUT2D eigenvalue weighted by molar-refractivity contribution is -0.384. The Kier molecular flexibility index (Phi) is 4.41. The second kappa shape index (κ2) is 6.50. The molecule has 1 aromatic heterocycles. The third-order valence-corrected chi connectivity index (χ3v) is 3.96. The standard InChI is InChI=1S/C16H10BrFN2O4/c17-10-3-6-14(18)12(7-10)16-13(8-21)15(19-24-16)9-1-4-11(5-2-9)20(22)23/h1-7,21H,8H2. The number of nitro groups is 1. The molecule has 0 saturated carbocycles. The quantitative estimate of drug-likeness (QED) is 0.527. The predicted octanol–water partition coefficient (Wildman–Crippen LogP) is 4.31. The zero-order chi connectivity index (χ0) is 17.3. The van der Waals surface area contributed by atoms with Crippen molar-refractivity contribution in [2.24, 2.45) is 0 Å². The lowest BCUT2D eigenvalue weighted by Gasteiger charge is -2.03. The van der Waals surface area contributed by atoms with Crippen LogP contribution in [0.3, 0.4) is 0 Å². The van der Waals surface area contributed by atoms with Crippen LogP contribution >= 0.6 is 15.9 Å². The maximum absolute atomic E-state index is 14.1. The number of nitro benzene ring substituents is 1. The summed E-state index contributed by atoms with van der Waals surface area (Å²) in [4.78, 5) is 10.2. The second-order valence-electron chi connectivity index (χ2n) is 4.93. The number of nitrogens with zero attached hydrogens (tertiary/aromatic N) is 2. The molecule has 0 aliphatic carbocycles. The van der Waals surface area contributed by atoms with Crippen LogP contribution in [0.25, 0.3) is 22.6 Å². The molecule has 0 aliphatic heterocycles. The molecule has 0 aliphatic rings. The molecule has 0 bridgehead atoms. The number of hydrogen-bond donors (Lipinski definition) is 1. The first kappa shape index (κ1) is 16.3. The first-order valence-electron chi connectivity index (χ1n) is 6.81. The van der Waals surface area contributed by atoms with Crippen molar-refractivity contribution < 1.29 is 18.9 Å². The predicted molar refractivity (Wildman–Crippen MR) is 87.6 cm³/mol. The normalized spacial score (nSPS) is 10.8. The number of rotatable bonds is 4. The van der Waals surface area contributed by atoms with Gasteiger partial charge in [-0.1, -0.05) is 21.1 Å². The first-order chi connectivity index (χ1) is 11.5. The van der Waals surface area contributed by atoms with Gasteiger partial charge in [0.2, 0.25) is 0 Å². The summed E-state index contributed by atoms with van der Waals surface area (Å²) in [6, 6.07) is 9.98. The molecule has 0 unspecified atom stereocenters. The number of aliphatic hydroxyl groups is 1. The molecule has 24 heavy (non-hydrogen) atoms. The SMILES string of the molecule is O=[N+]([O-])c1ccc(-c2noc(-c3cc(Br)ccc3F)c2CO)cc1. The topological polar surface area (TPSA) is 89.4 Å². The molecule has 6 nitrogen and oxygen atoms in total. The van der Waals surface area contributed by atoms with Crippen molar-refractivity contribution in [1.29, 1.82) is 0 Å². The fourth-order valence-electron chi connectivity index (χ4n) is 2.31. The minimum Gasteiger partial charge on any atom is -0.391 e. The summed E-state index contributed by atoms with van der Waals surface area (Å²) in [5, 5.41) is 24.3. The van der Waals surface area contributed by atoms with Gasteiger partial charge in [0.15, 0.2) is 5.76 Å². The maximum Gasteiger partial charge on any atom is 0.269 e. The van der Waals surface area contributed by atoms with E-state index in [0.29, 0.717) is 21.3 Å². The minimum absolute atomic E-state index is 0.0638.